The topological polar surface area (TPSA) is 110 Å². The Balaban J connectivity index is 1.82. The van der Waals surface area contributed by atoms with Gasteiger partial charge in [-0.15, -0.1) is 0 Å². The second-order valence-electron chi connectivity index (χ2n) is 8.51. The van der Waals surface area contributed by atoms with E-state index in [-0.39, 0.29) is 29.7 Å². The van der Waals surface area contributed by atoms with E-state index in [4.69, 9.17) is 14.7 Å². The second kappa shape index (κ2) is 8.24. The minimum absolute atomic E-state index is 0.0415. The third kappa shape index (κ3) is 3.32. The molecule has 2 atom stereocenters. The zero-order valence-corrected chi connectivity index (χ0v) is 18.6. The first-order valence-corrected chi connectivity index (χ1v) is 11.0. The molecule has 4 aromatic rings. The smallest absolute Gasteiger partial charge is 0.259 e. The van der Waals surface area contributed by atoms with Crippen molar-refractivity contribution in [2.24, 2.45) is 5.92 Å². The summed E-state index contributed by atoms with van der Waals surface area (Å²) in [6.45, 7) is 0. The van der Waals surface area contributed by atoms with E-state index in [1.807, 2.05) is 29.0 Å². The van der Waals surface area contributed by atoms with Gasteiger partial charge in [0.15, 0.2) is 11.5 Å². The Morgan fingerprint density at radius 3 is 2.67 bits per heavy atom. The number of aromatic amines is 1. The number of benzene rings is 1. The minimum Gasteiger partial charge on any atom is -0.493 e. The number of hydrogen-bond acceptors (Lipinski definition) is 6. The van der Waals surface area contributed by atoms with Crippen molar-refractivity contribution in [2.75, 3.05) is 14.2 Å². The first-order chi connectivity index (χ1) is 16.1. The van der Waals surface area contributed by atoms with Gasteiger partial charge in [0.1, 0.15) is 11.4 Å². The molecule has 0 radical (unpaired) electrons. The van der Waals surface area contributed by atoms with Gasteiger partial charge in [-0.1, -0.05) is 6.42 Å². The normalized spacial score (nSPS) is 18.5. The van der Waals surface area contributed by atoms with Gasteiger partial charge in [-0.2, -0.15) is 5.26 Å². The number of methoxy groups -OCH3 is 2. The van der Waals surface area contributed by atoms with E-state index >= 15 is 0 Å². The number of H-pyrrole nitrogens is 1. The lowest BCUT2D eigenvalue weighted by molar-refractivity contribution is -0.123. The summed E-state index contributed by atoms with van der Waals surface area (Å²) in [4.78, 5) is 34.2. The van der Waals surface area contributed by atoms with Gasteiger partial charge < -0.3 is 19.0 Å². The van der Waals surface area contributed by atoms with Crippen molar-refractivity contribution in [3.63, 3.8) is 0 Å². The average Bonchev–Trinajstić information content (AvgIpc) is 3.33. The third-order valence-electron chi connectivity index (χ3n) is 6.78. The lowest BCUT2D eigenvalue weighted by Crippen LogP contribution is -2.31. The van der Waals surface area contributed by atoms with Gasteiger partial charge in [0.25, 0.3) is 5.56 Å². The van der Waals surface area contributed by atoms with Crippen LogP contribution in [0.25, 0.3) is 32.7 Å². The fraction of sp³-hybridized carbons (Fsp3) is 0.360. The van der Waals surface area contributed by atoms with Gasteiger partial charge >= 0.3 is 0 Å². The Hall–Kier alpha value is -3.86. The van der Waals surface area contributed by atoms with Crippen molar-refractivity contribution < 1.29 is 14.3 Å². The van der Waals surface area contributed by atoms with Crippen LogP contribution < -0.4 is 15.0 Å². The summed E-state index contributed by atoms with van der Waals surface area (Å²) in [5.41, 5.74) is 1.36. The van der Waals surface area contributed by atoms with Gasteiger partial charge in [0.05, 0.1) is 37.6 Å². The van der Waals surface area contributed by atoms with Crippen LogP contribution in [0.5, 0.6) is 11.5 Å². The molecule has 1 aromatic carbocycles. The van der Waals surface area contributed by atoms with Crippen LogP contribution in [0.15, 0.2) is 35.4 Å². The molecule has 3 aromatic heterocycles. The Bertz CT molecular complexity index is 1490. The van der Waals surface area contributed by atoms with Gasteiger partial charge in [0.2, 0.25) is 0 Å². The maximum Gasteiger partial charge on any atom is 0.259 e. The van der Waals surface area contributed by atoms with E-state index in [9.17, 15) is 9.59 Å². The van der Waals surface area contributed by atoms with E-state index in [0.29, 0.717) is 29.0 Å². The molecule has 1 saturated carbocycles. The quantitative estimate of drug-likeness (QED) is 0.461. The van der Waals surface area contributed by atoms with Crippen LogP contribution >= 0.6 is 0 Å². The monoisotopic (exact) mass is 444 g/mol. The molecule has 0 amide bonds. The molecule has 8 heteroatoms. The van der Waals surface area contributed by atoms with Gasteiger partial charge in [-0.05, 0) is 37.5 Å². The van der Waals surface area contributed by atoms with Crippen LogP contribution in [0.4, 0.5) is 0 Å². The predicted molar refractivity (Wildman–Crippen MR) is 125 cm³/mol. The van der Waals surface area contributed by atoms with E-state index in [2.05, 4.69) is 9.97 Å². The number of fused-ring (bicyclic) bond motifs is 5. The molecule has 0 bridgehead atoms. The van der Waals surface area contributed by atoms with E-state index in [0.717, 1.165) is 40.9 Å². The summed E-state index contributed by atoms with van der Waals surface area (Å²) in [6, 6.07) is 7.28. The molecule has 5 rings (SSSR count). The second-order valence-corrected chi connectivity index (χ2v) is 8.51. The van der Waals surface area contributed by atoms with Crippen LogP contribution in [0.2, 0.25) is 0 Å². The Morgan fingerprint density at radius 2 is 1.94 bits per heavy atom. The highest BCUT2D eigenvalue weighted by Crippen LogP contribution is 2.39. The van der Waals surface area contributed by atoms with Crippen LogP contribution in [0.3, 0.4) is 0 Å². The molecular weight excluding hydrogens is 420 g/mol. The molecule has 0 aliphatic heterocycles. The molecule has 33 heavy (non-hydrogen) atoms. The van der Waals surface area contributed by atoms with Crippen molar-refractivity contribution >= 4 is 38.5 Å². The number of pyridine rings is 2. The lowest BCUT2D eigenvalue weighted by Gasteiger charge is -2.31. The standard InChI is InChI=1S/C25H24N4O4/c1-32-21-11-17-18(12-22(21)33-2)25(31)29(15-5-3-4-14(10-15)20(30)6-8-26)23-16-7-9-27-24(16)28-13-19(17)23/h7,9,11-15H,3-6,10H2,1-2H3,(H,27,28)/t14?,15-/m1/s1. The van der Waals surface area contributed by atoms with Crippen molar-refractivity contribution in [3.8, 4) is 17.6 Å². The number of hydrogen-bond donors (Lipinski definition) is 1. The first kappa shape index (κ1) is 21.0. The zero-order valence-electron chi connectivity index (χ0n) is 18.6. The number of nitrogens with zero attached hydrogens (tertiary/aromatic N) is 3. The number of aromatic nitrogens is 3. The molecule has 1 aliphatic carbocycles. The summed E-state index contributed by atoms with van der Waals surface area (Å²) in [6.07, 6.45) is 6.41. The van der Waals surface area contributed by atoms with Gasteiger partial charge in [0, 0.05) is 40.5 Å². The molecule has 1 N–H and O–H groups in total. The van der Waals surface area contributed by atoms with Gasteiger partial charge in [-0.3, -0.25) is 9.59 Å². The number of rotatable bonds is 5. The van der Waals surface area contributed by atoms with Crippen molar-refractivity contribution in [2.45, 2.75) is 38.1 Å². The fourth-order valence-electron chi connectivity index (χ4n) is 5.22. The number of ether oxygens (including phenoxy) is 2. The molecule has 1 unspecified atom stereocenters. The minimum atomic E-state index is -0.213. The molecule has 0 saturated heterocycles. The fourth-order valence-corrected chi connectivity index (χ4v) is 5.22. The third-order valence-corrected chi connectivity index (χ3v) is 6.78. The highest BCUT2D eigenvalue weighted by Gasteiger charge is 2.30. The van der Waals surface area contributed by atoms with E-state index in [1.165, 1.54) is 0 Å². The number of nitriles is 1. The number of ketones is 1. The number of carbonyl (C=O) groups is 1. The van der Waals surface area contributed by atoms with E-state index < -0.39 is 0 Å². The Labute approximate surface area is 189 Å². The van der Waals surface area contributed by atoms with E-state index in [1.54, 1.807) is 26.5 Å². The van der Waals surface area contributed by atoms with Crippen molar-refractivity contribution in [3.05, 3.63) is 40.9 Å². The Morgan fingerprint density at radius 1 is 1.18 bits per heavy atom. The summed E-state index contributed by atoms with van der Waals surface area (Å²) in [5.74, 6) is 0.766. The molecule has 3 heterocycles. The molecule has 1 aliphatic rings. The SMILES string of the molecule is COc1cc2c(=O)n([C@@H]3CCCC(C(=O)CC#N)C3)c3c4cc[nH]c4ncc3c2cc1OC. The maximum absolute atomic E-state index is 14.0. The number of Topliss-reactive ketones (excluding diaryl/α,β-unsaturated/α-hetero) is 1. The van der Waals surface area contributed by atoms with Crippen LogP contribution in [-0.2, 0) is 4.79 Å². The molecule has 0 spiro atoms. The molecular formula is C25H24N4O4. The molecule has 168 valence electrons. The average molecular weight is 444 g/mol. The van der Waals surface area contributed by atoms with Crippen LogP contribution in [0, 0.1) is 17.2 Å². The molecule has 8 nitrogen and oxygen atoms in total. The predicted octanol–water partition coefficient (Wildman–Crippen LogP) is 4.26. The highest BCUT2D eigenvalue weighted by atomic mass is 16.5. The maximum atomic E-state index is 14.0. The van der Waals surface area contributed by atoms with Crippen molar-refractivity contribution in [1.82, 2.24) is 14.5 Å². The Kier molecular flexibility index (Phi) is 5.25. The largest absolute Gasteiger partial charge is 0.493 e. The number of carbonyl (C=O) groups excluding carboxylic acids is 1. The van der Waals surface area contributed by atoms with Crippen LogP contribution in [0.1, 0.15) is 38.1 Å². The van der Waals surface area contributed by atoms with Crippen molar-refractivity contribution in [1.29, 1.82) is 5.26 Å². The summed E-state index contributed by atoms with van der Waals surface area (Å²) >= 11 is 0. The first-order valence-electron chi connectivity index (χ1n) is 11.0. The van der Waals surface area contributed by atoms with Crippen LogP contribution in [-0.4, -0.2) is 34.5 Å². The zero-order chi connectivity index (χ0) is 23.1. The summed E-state index contributed by atoms with van der Waals surface area (Å²) in [7, 11) is 3.11. The lowest BCUT2D eigenvalue weighted by atomic mass is 9.82. The number of nitrogens with one attached hydrogen (secondary N) is 1. The summed E-state index contributed by atoms with van der Waals surface area (Å²) in [5, 5.41) is 11.9. The summed E-state index contributed by atoms with van der Waals surface area (Å²) < 4.78 is 12.8. The molecule has 1 fully saturated rings. The van der Waals surface area contributed by atoms with Gasteiger partial charge in [-0.25, -0.2) is 4.98 Å². The highest BCUT2D eigenvalue weighted by molar-refractivity contribution is 6.14.